The van der Waals surface area contributed by atoms with E-state index in [1.807, 2.05) is 28.8 Å². The summed E-state index contributed by atoms with van der Waals surface area (Å²) in [6, 6.07) is 10.7. The van der Waals surface area contributed by atoms with Crippen molar-refractivity contribution < 1.29 is 9.53 Å². The lowest BCUT2D eigenvalue weighted by Gasteiger charge is -2.10. The first kappa shape index (κ1) is 13.1. The molecule has 2 rings (SSSR count). The van der Waals surface area contributed by atoms with E-state index in [2.05, 4.69) is 4.74 Å². The van der Waals surface area contributed by atoms with E-state index in [1.54, 1.807) is 12.4 Å². The molecular formula is C15H15NO3. The molecule has 0 aliphatic rings. The third-order valence-electron chi connectivity index (χ3n) is 2.89. The highest BCUT2D eigenvalue weighted by molar-refractivity contribution is 5.72. The van der Waals surface area contributed by atoms with Crippen LogP contribution in [-0.2, 0) is 22.5 Å². The summed E-state index contributed by atoms with van der Waals surface area (Å²) in [4.78, 5) is 22.4. The Labute approximate surface area is 111 Å². The van der Waals surface area contributed by atoms with E-state index in [4.69, 9.17) is 0 Å². The van der Waals surface area contributed by atoms with E-state index in [0.717, 1.165) is 11.1 Å². The monoisotopic (exact) mass is 257 g/mol. The molecule has 98 valence electrons. The predicted octanol–water partition coefficient (Wildman–Crippen LogP) is 1.61. The van der Waals surface area contributed by atoms with Crippen molar-refractivity contribution in [2.75, 3.05) is 7.11 Å². The van der Waals surface area contributed by atoms with Crippen LogP contribution < -0.4 is 5.43 Å². The average molecular weight is 257 g/mol. The Morgan fingerprint density at radius 2 is 1.74 bits per heavy atom. The highest BCUT2D eigenvalue weighted by atomic mass is 16.5. The third-order valence-corrected chi connectivity index (χ3v) is 2.89. The second-order valence-corrected chi connectivity index (χ2v) is 4.23. The van der Waals surface area contributed by atoms with E-state index in [9.17, 15) is 9.59 Å². The highest BCUT2D eigenvalue weighted by Gasteiger charge is 2.07. The molecule has 0 bridgehead atoms. The normalized spacial score (nSPS) is 10.2. The maximum absolute atomic E-state index is 11.4. The van der Waals surface area contributed by atoms with Crippen LogP contribution in [0.15, 0.2) is 53.6 Å². The fourth-order valence-corrected chi connectivity index (χ4v) is 1.86. The first-order valence-corrected chi connectivity index (χ1v) is 5.99. The molecule has 0 spiro atoms. The minimum Gasteiger partial charge on any atom is -0.469 e. The van der Waals surface area contributed by atoms with Crippen LogP contribution in [0.2, 0.25) is 0 Å². The minimum atomic E-state index is -0.257. The van der Waals surface area contributed by atoms with Crippen molar-refractivity contribution in [3.63, 3.8) is 0 Å². The number of esters is 1. The number of rotatable bonds is 4. The van der Waals surface area contributed by atoms with Crippen molar-refractivity contribution in [3.05, 3.63) is 70.1 Å². The Hall–Kier alpha value is -2.36. The van der Waals surface area contributed by atoms with Gasteiger partial charge in [0, 0.05) is 31.1 Å². The van der Waals surface area contributed by atoms with Gasteiger partial charge < -0.3 is 9.30 Å². The van der Waals surface area contributed by atoms with Crippen molar-refractivity contribution in [2.45, 2.75) is 13.0 Å². The SMILES string of the molecule is COC(=O)Cc1ccccc1Cn1ccc(=O)cc1. The molecule has 0 N–H and O–H groups in total. The second kappa shape index (κ2) is 6.00. The Kier molecular flexibility index (Phi) is 4.13. The van der Waals surface area contributed by atoms with E-state index in [-0.39, 0.29) is 17.8 Å². The molecule has 0 radical (unpaired) electrons. The number of carbonyl (C=O) groups is 1. The second-order valence-electron chi connectivity index (χ2n) is 4.23. The van der Waals surface area contributed by atoms with Crippen molar-refractivity contribution in [1.82, 2.24) is 4.57 Å². The fourth-order valence-electron chi connectivity index (χ4n) is 1.86. The smallest absolute Gasteiger partial charge is 0.309 e. The van der Waals surface area contributed by atoms with Crippen LogP contribution >= 0.6 is 0 Å². The molecule has 0 saturated carbocycles. The molecule has 0 amide bonds. The van der Waals surface area contributed by atoms with E-state index in [1.165, 1.54) is 19.2 Å². The van der Waals surface area contributed by atoms with Gasteiger partial charge in [-0.2, -0.15) is 0 Å². The third kappa shape index (κ3) is 3.55. The topological polar surface area (TPSA) is 48.3 Å². The number of pyridine rings is 1. The highest BCUT2D eigenvalue weighted by Crippen LogP contribution is 2.11. The van der Waals surface area contributed by atoms with Crippen LogP contribution in [0.25, 0.3) is 0 Å². The fraction of sp³-hybridized carbons (Fsp3) is 0.200. The number of ether oxygens (including phenoxy) is 1. The van der Waals surface area contributed by atoms with Gasteiger partial charge in [0.15, 0.2) is 5.43 Å². The molecule has 2 aromatic rings. The molecule has 0 atom stereocenters. The number of carbonyl (C=O) groups excluding carboxylic acids is 1. The summed E-state index contributed by atoms with van der Waals surface area (Å²) in [6.07, 6.45) is 3.72. The van der Waals surface area contributed by atoms with E-state index < -0.39 is 0 Å². The summed E-state index contributed by atoms with van der Waals surface area (Å²) in [5.74, 6) is -0.257. The van der Waals surface area contributed by atoms with Crippen molar-refractivity contribution in [1.29, 1.82) is 0 Å². The van der Waals surface area contributed by atoms with Gasteiger partial charge in [-0.15, -0.1) is 0 Å². The van der Waals surface area contributed by atoms with E-state index >= 15 is 0 Å². The van der Waals surface area contributed by atoms with Gasteiger partial charge in [0.2, 0.25) is 0 Å². The molecule has 1 aromatic carbocycles. The van der Waals surface area contributed by atoms with Gasteiger partial charge in [-0.25, -0.2) is 0 Å². The van der Waals surface area contributed by atoms with Crippen LogP contribution in [0.4, 0.5) is 0 Å². The van der Waals surface area contributed by atoms with Crippen LogP contribution in [-0.4, -0.2) is 17.6 Å². The minimum absolute atomic E-state index is 0.0147. The lowest BCUT2D eigenvalue weighted by Crippen LogP contribution is -2.10. The summed E-state index contributed by atoms with van der Waals surface area (Å²) in [6.45, 7) is 0.618. The lowest BCUT2D eigenvalue weighted by molar-refractivity contribution is -0.139. The molecule has 0 aliphatic carbocycles. The molecule has 1 aromatic heterocycles. The number of methoxy groups -OCH3 is 1. The number of hydrogen-bond acceptors (Lipinski definition) is 3. The molecule has 4 nitrogen and oxygen atoms in total. The summed E-state index contributed by atoms with van der Waals surface area (Å²) < 4.78 is 6.59. The maximum atomic E-state index is 11.4. The summed E-state index contributed by atoms with van der Waals surface area (Å²) in [5.41, 5.74) is 1.96. The number of aromatic nitrogens is 1. The molecule has 0 fully saturated rings. The van der Waals surface area contributed by atoms with Gasteiger partial charge in [0.1, 0.15) is 0 Å². The van der Waals surface area contributed by atoms with Crippen LogP contribution in [0, 0.1) is 0 Å². The van der Waals surface area contributed by atoms with Crippen LogP contribution in [0.3, 0.4) is 0 Å². The van der Waals surface area contributed by atoms with Gasteiger partial charge in [-0.3, -0.25) is 9.59 Å². The zero-order valence-electron chi connectivity index (χ0n) is 10.7. The summed E-state index contributed by atoms with van der Waals surface area (Å²) in [5, 5.41) is 0. The standard InChI is InChI=1S/C15H15NO3/c1-19-15(18)10-12-4-2-3-5-13(12)11-16-8-6-14(17)7-9-16/h2-9H,10-11H2,1H3. The number of nitrogens with zero attached hydrogens (tertiary/aromatic N) is 1. The largest absolute Gasteiger partial charge is 0.469 e. The maximum Gasteiger partial charge on any atom is 0.309 e. The molecule has 1 heterocycles. The predicted molar refractivity (Wildman–Crippen MR) is 72.0 cm³/mol. The lowest BCUT2D eigenvalue weighted by atomic mass is 10.0. The Morgan fingerprint density at radius 1 is 1.11 bits per heavy atom. The summed E-state index contributed by atoms with van der Waals surface area (Å²) in [7, 11) is 1.38. The van der Waals surface area contributed by atoms with Crippen LogP contribution in [0.1, 0.15) is 11.1 Å². The molecule has 0 unspecified atom stereocenters. The molecule has 0 aliphatic heterocycles. The molecule has 19 heavy (non-hydrogen) atoms. The Morgan fingerprint density at radius 3 is 2.37 bits per heavy atom. The zero-order valence-corrected chi connectivity index (χ0v) is 10.7. The van der Waals surface area contributed by atoms with Gasteiger partial charge in [-0.05, 0) is 11.1 Å². The van der Waals surface area contributed by atoms with Gasteiger partial charge in [-0.1, -0.05) is 24.3 Å². The quantitative estimate of drug-likeness (QED) is 0.782. The zero-order chi connectivity index (χ0) is 13.7. The molecule has 0 saturated heterocycles. The number of benzene rings is 1. The van der Waals surface area contributed by atoms with Crippen molar-refractivity contribution in [2.24, 2.45) is 0 Å². The Balaban J connectivity index is 2.22. The number of hydrogen-bond donors (Lipinski definition) is 0. The molecule has 4 heteroatoms. The summed E-state index contributed by atoms with van der Waals surface area (Å²) >= 11 is 0. The van der Waals surface area contributed by atoms with Gasteiger partial charge in [0.25, 0.3) is 0 Å². The van der Waals surface area contributed by atoms with Crippen molar-refractivity contribution in [3.8, 4) is 0 Å². The van der Waals surface area contributed by atoms with E-state index in [0.29, 0.717) is 6.54 Å². The van der Waals surface area contributed by atoms with Crippen molar-refractivity contribution >= 4 is 5.97 Å². The first-order chi connectivity index (χ1) is 9.19. The first-order valence-electron chi connectivity index (χ1n) is 5.99. The van der Waals surface area contributed by atoms with Gasteiger partial charge in [0.05, 0.1) is 13.5 Å². The van der Waals surface area contributed by atoms with Crippen LogP contribution in [0.5, 0.6) is 0 Å². The Bertz CT molecular complexity index is 611. The average Bonchev–Trinajstić information content (AvgIpc) is 2.43. The molecular weight excluding hydrogens is 242 g/mol. The van der Waals surface area contributed by atoms with Gasteiger partial charge >= 0.3 is 5.97 Å².